The van der Waals surface area contributed by atoms with Crippen LogP contribution in [0.5, 0.6) is 0 Å². The minimum atomic E-state index is -0.320. The first-order valence-electron chi connectivity index (χ1n) is 12.0. The Kier molecular flexibility index (Phi) is 10.5. The first-order chi connectivity index (χ1) is 16.9. The van der Waals surface area contributed by atoms with Crippen LogP contribution in [0.3, 0.4) is 0 Å². The Morgan fingerprint density at radius 3 is 1.89 bits per heavy atom. The van der Waals surface area contributed by atoms with Gasteiger partial charge in [-0.2, -0.15) is 0 Å². The summed E-state index contributed by atoms with van der Waals surface area (Å²) in [6.45, 7) is 4.54. The van der Waals surface area contributed by atoms with E-state index in [-0.39, 0.29) is 34.6 Å². The maximum Gasteiger partial charge on any atom is 0.219 e. The average Bonchev–Trinajstić information content (AvgIpc) is 2.88. The van der Waals surface area contributed by atoms with Crippen molar-refractivity contribution in [2.75, 3.05) is 12.3 Å². The van der Waals surface area contributed by atoms with Crippen LogP contribution in [0.2, 0.25) is 0 Å². The minimum absolute atomic E-state index is 0.0108. The molecule has 182 valence electrons. The second-order valence-electron chi connectivity index (χ2n) is 9.08. The third-order valence-electron chi connectivity index (χ3n) is 5.89. The highest BCUT2D eigenvalue weighted by molar-refractivity contribution is 8.14. The van der Waals surface area contributed by atoms with Crippen molar-refractivity contribution in [1.29, 1.82) is 0 Å². The van der Waals surface area contributed by atoms with E-state index >= 15 is 0 Å². The van der Waals surface area contributed by atoms with Crippen molar-refractivity contribution in [2.45, 2.75) is 32.7 Å². The van der Waals surface area contributed by atoms with Gasteiger partial charge in [-0.25, -0.2) is 0 Å². The van der Waals surface area contributed by atoms with Crippen LogP contribution in [0.25, 0.3) is 0 Å². The lowest BCUT2D eigenvalue weighted by Crippen LogP contribution is -2.44. The van der Waals surface area contributed by atoms with Gasteiger partial charge in [0.25, 0.3) is 0 Å². The molecule has 0 saturated heterocycles. The fourth-order valence-corrected chi connectivity index (χ4v) is 4.89. The molecule has 0 unspecified atom stereocenters. The lowest BCUT2D eigenvalue weighted by molar-refractivity contribution is -0.121. The highest BCUT2D eigenvalue weighted by Crippen LogP contribution is 2.20. The number of carbonyl (C=O) groups excluding carboxylic acids is 3. The van der Waals surface area contributed by atoms with E-state index in [1.165, 1.54) is 11.8 Å². The summed E-state index contributed by atoms with van der Waals surface area (Å²) in [6.07, 6.45) is 0.676. The molecule has 0 spiro atoms. The van der Waals surface area contributed by atoms with Crippen LogP contribution in [0.15, 0.2) is 91.0 Å². The highest BCUT2D eigenvalue weighted by Gasteiger charge is 2.25. The second kappa shape index (κ2) is 13.8. The predicted octanol–water partition coefficient (Wildman–Crippen LogP) is 5.88. The van der Waals surface area contributed by atoms with E-state index < -0.39 is 0 Å². The fourth-order valence-electron chi connectivity index (χ4n) is 3.97. The van der Waals surface area contributed by atoms with Crippen molar-refractivity contribution < 1.29 is 14.4 Å². The van der Waals surface area contributed by atoms with Crippen LogP contribution in [0.1, 0.15) is 46.5 Å². The first-order valence-corrected chi connectivity index (χ1v) is 13.0. The van der Waals surface area contributed by atoms with Crippen LogP contribution in [-0.4, -0.2) is 35.0 Å². The monoisotopic (exact) mass is 487 g/mol. The molecule has 0 aliphatic heterocycles. The summed E-state index contributed by atoms with van der Waals surface area (Å²) in [7, 11) is 0. The van der Waals surface area contributed by atoms with Crippen molar-refractivity contribution >= 4 is 28.4 Å². The molecule has 0 aliphatic rings. The maximum atomic E-state index is 13.1. The Morgan fingerprint density at radius 2 is 1.31 bits per heavy atom. The number of hydrogen-bond acceptors (Lipinski definition) is 5. The highest BCUT2D eigenvalue weighted by atomic mass is 32.2. The molecule has 2 atom stereocenters. The quantitative estimate of drug-likeness (QED) is 0.305. The Labute approximate surface area is 212 Å². The summed E-state index contributed by atoms with van der Waals surface area (Å²) >= 11 is 1.23. The SMILES string of the molecule is CC(C)[C@H](NC[C@@H](CSC(=O)c1ccccc1)CC(=O)c1ccccc1)C(=O)Cc1ccccc1. The number of carbonyl (C=O) groups is 3. The first kappa shape index (κ1) is 26.6. The molecule has 0 heterocycles. The van der Waals surface area contributed by atoms with E-state index in [1.54, 1.807) is 12.1 Å². The molecule has 3 aromatic rings. The van der Waals surface area contributed by atoms with E-state index in [0.29, 0.717) is 36.3 Å². The summed E-state index contributed by atoms with van der Waals surface area (Å²) in [4.78, 5) is 38.7. The average molecular weight is 488 g/mol. The summed E-state index contributed by atoms with van der Waals surface area (Å²) in [5.74, 6) is 0.687. The number of thioether (sulfide) groups is 1. The zero-order chi connectivity index (χ0) is 25.0. The topological polar surface area (TPSA) is 63.2 Å². The lowest BCUT2D eigenvalue weighted by Gasteiger charge is -2.25. The van der Waals surface area contributed by atoms with E-state index in [9.17, 15) is 14.4 Å². The molecule has 0 fully saturated rings. The van der Waals surface area contributed by atoms with Crippen molar-refractivity contribution in [3.05, 3.63) is 108 Å². The smallest absolute Gasteiger partial charge is 0.219 e. The van der Waals surface area contributed by atoms with Crippen molar-refractivity contribution in [3.63, 3.8) is 0 Å². The molecule has 0 amide bonds. The lowest BCUT2D eigenvalue weighted by atomic mass is 9.93. The molecule has 0 radical (unpaired) electrons. The Morgan fingerprint density at radius 1 is 0.771 bits per heavy atom. The Bertz CT molecular complexity index is 1080. The fraction of sp³-hybridized carbons (Fsp3) is 0.300. The van der Waals surface area contributed by atoms with Crippen molar-refractivity contribution in [2.24, 2.45) is 11.8 Å². The molecule has 4 nitrogen and oxygen atoms in total. The zero-order valence-electron chi connectivity index (χ0n) is 20.4. The van der Waals surface area contributed by atoms with Gasteiger partial charge in [0.2, 0.25) is 5.12 Å². The largest absolute Gasteiger partial charge is 0.307 e. The molecule has 5 heteroatoms. The Balaban J connectivity index is 1.66. The van der Waals surface area contributed by atoms with Crippen molar-refractivity contribution in [1.82, 2.24) is 5.32 Å². The molecule has 3 aromatic carbocycles. The van der Waals surface area contributed by atoms with Gasteiger partial charge in [0.1, 0.15) is 0 Å². The van der Waals surface area contributed by atoms with Gasteiger partial charge in [-0.1, -0.05) is 117 Å². The number of Topliss-reactive ketones (excluding diaryl/α,β-unsaturated/α-hetero) is 2. The second-order valence-corrected chi connectivity index (χ2v) is 10.1. The maximum absolute atomic E-state index is 13.1. The molecule has 0 saturated carbocycles. The number of hydrogen-bond donors (Lipinski definition) is 1. The molecule has 0 bridgehead atoms. The molecular formula is C30H33NO3S. The molecule has 1 N–H and O–H groups in total. The van der Waals surface area contributed by atoms with Crippen LogP contribution in [-0.2, 0) is 11.2 Å². The molecule has 0 aromatic heterocycles. The van der Waals surface area contributed by atoms with Gasteiger partial charge in [-0.15, -0.1) is 0 Å². The van der Waals surface area contributed by atoms with Crippen LogP contribution < -0.4 is 5.32 Å². The van der Waals surface area contributed by atoms with Crippen molar-refractivity contribution in [3.8, 4) is 0 Å². The van der Waals surface area contributed by atoms with E-state index in [4.69, 9.17) is 0 Å². The summed E-state index contributed by atoms with van der Waals surface area (Å²) < 4.78 is 0. The molecule has 35 heavy (non-hydrogen) atoms. The zero-order valence-corrected chi connectivity index (χ0v) is 21.2. The van der Waals surface area contributed by atoms with E-state index in [0.717, 1.165) is 5.56 Å². The summed E-state index contributed by atoms with van der Waals surface area (Å²) in [6, 6.07) is 27.8. The van der Waals surface area contributed by atoms with Gasteiger partial charge >= 0.3 is 0 Å². The number of nitrogens with one attached hydrogen (secondary N) is 1. The van der Waals surface area contributed by atoms with Gasteiger partial charge in [0.15, 0.2) is 11.6 Å². The summed E-state index contributed by atoms with van der Waals surface area (Å²) in [5.41, 5.74) is 2.30. The Hall–Kier alpha value is -3.02. The van der Waals surface area contributed by atoms with Gasteiger partial charge in [-0.3, -0.25) is 14.4 Å². The molecule has 0 aliphatic carbocycles. The third-order valence-corrected chi connectivity index (χ3v) is 7.03. The van der Waals surface area contributed by atoms with Gasteiger partial charge in [0.05, 0.1) is 6.04 Å². The minimum Gasteiger partial charge on any atom is -0.307 e. The molecular weight excluding hydrogens is 454 g/mol. The van der Waals surface area contributed by atoms with Crippen LogP contribution >= 0.6 is 11.8 Å². The van der Waals surface area contributed by atoms with Gasteiger partial charge in [-0.05, 0) is 23.9 Å². The summed E-state index contributed by atoms with van der Waals surface area (Å²) in [5, 5.41) is 3.42. The third kappa shape index (κ3) is 8.61. The standard InChI is InChI=1S/C30H33NO3S/c1-22(2)29(28(33)18-23-12-6-3-7-13-23)31-20-24(19-27(32)25-14-8-4-9-15-25)21-35-30(34)26-16-10-5-11-17-26/h3-17,22,24,29,31H,18-21H2,1-2H3/t24-,29-/m0/s1. The van der Waals surface area contributed by atoms with Crippen LogP contribution in [0, 0.1) is 11.8 Å². The van der Waals surface area contributed by atoms with Gasteiger partial charge < -0.3 is 5.32 Å². The molecule has 3 rings (SSSR count). The number of benzene rings is 3. The number of rotatable bonds is 13. The van der Waals surface area contributed by atoms with E-state index in [1.807, 2.05) is 92.7 Å². The normalized spacial score (nSPS) is 12.8. The van der Waals surface area contributed by atoms with Gasteiger partial charge in [0, 0.05) is 29.7 Å². The predicted molar refractivity (Wildman–Crippen MR) is 144 cm³/mol. The number of ketones is 2. The van der Waals surface area contributed by atoms with Crippen LogP contribution in [0.4, 0.5) is 0 Å². The van der Waals surface area contributed by atoms with E-state index in [2.05, 4.69) is 5.32 Å².